The molecule has 3 heterocycles. The number of nitrogens with one attached hydrogen (secondary N) is 2. The number of nitroso groups, excluding NO2 is 1. The van der Waals surface area contributed by atoms with Crippen LogP contribution in [0.1, 0.15) is 29.4 Å². The van der Waals surface area contributed by atoms with Crippen molar-refractivity contribution in [3.63, 3.8) is 0 Å². The topological polar surface area (TPSA) is 105 Å². The van der Waals surface area contributed by atoms with E-state index < -0.39 is 6.04 Å². The highest BCUT2D eigenvalue weighted by Gasteiger charge is 2.23. The Morgan fingerprint density at radius 2 is 2.09 bits per heavy atom. The van der Waals surface area contributed by atoms with E-state index in [2.05, 4.69) is 40.4 Å². The zero-order valence-corrected chi connectivity index (χ0v) is 18.6. The van der Waals surface area contributed by atoms with E-state index in [1.165, 1.54) is 0 Å². The van der Waals surface area contributed by atoms with Crippen LogP contribution in [0.4, 0.5) is 0 Å². The fourth-order valence-electron chi connectivity index (χ4n) is 4.00. The Balaban J connectivity index is 1.46. The molecule has 5 rings (SSSR count). The fourth-order valence-corrected chi connectivity index (χ4v) is 4.39. The summed E-state index contributed by atoms with van der Waals surface area (Å²) >= 11 is 0. The summed E-state index contributed by atoms with van der Waals surface area (Å²) in [4.78, 5) is 27.3. The molecule has 0 amide bonds. The van der Waals surface area contributed by atoms with Crippen molar-refractivity contribution in [2.75, 3.05) is 13.7 Å². The molecule has 162 valence electrons. The quantitative estimate of drug-likeness (QED) is 0.336. The van der Waals surface area contributed by atoms with Gasteiger partial charge in [0.05, 0.1) is 18.1 Å². The van der Waals surface area contributed by atoms with Gasteiger partial charge in [0.15, 0.2) is 11.5 Å². The van der Waals surface area contributed by atoms with E-state index in [0.29, 0.717) is 17.3 Å². The van der Waals surface area contributed by atoms with E-state index >= 15 is 0 Å². The number of hydrogen-bond donors (Lipinski definition) is 2. The zero-order chi connectivity index (χ0) is 22.1. The molecule has 8 nitrogen and oxygen atoms in total. The van der Waals surface area contributed by atoms with Crippen molar-refractivity contribution in [1.82, 2.24) is 15.0 Å². The molecule has 2 unspecified atom stereocenters. The number of para-hydroxylation sites is 2. The number of imidazole rings is 1. The molecule has 0 saturated carbocycles. The molecular weight excluding hydrogens is 425 g/mol. The van der Waals surface area contributed by atoms with Crippen LogP contribution in [-0.4, -0.2) is 28.6 Å². The second-order valence-electron chi connectivity index (χ2n) is 7.51. The lowest BCUT2D eigenvalue weighted by atomic mass is 9.99. The first-order valence-electron chi connectivity index (χ1n) is 10.3. The molecule has 1 aliphatic heterocycles. The summed E-state index contributed by atoms with van der Waals surface area (Å²) in [6.07, 6.45) is 4.75. The lowest BCUT2D eigenvalue weighted by Crippen LogP contribution is -2.30. The van der Waals surface area contributed by atoms with Crippen molar-refractivity contribution in [3.05, 3.63) is 75.2 Å². The molecule has 0 bridgehead atoms. The van der Waals surface area contributed by atoms with Gasteiger partial charge >= 0.3 is 0 Å². The van der Waals surface area contributed by atoms with Gasteiger partial charge < -0.3 is 19.4 Å². The molecule has 32 heavy (non-hydrogen) atoms. The van der Waals surface area contributed by atoms with Crippen molar-refractivity contribution in [3.8, 4) is 11.5 Å². The number of ether oxygens (including phenoxy) is 2. The third-order valence-corrected chi connectivity index (χ3v) is 6.04. The molecule has 1 aliphatic rings. The average molecular weight is 447 g/mol. The summed E-state index contributed by atoms with van der Waals surface area (Å²) in [5.41, 5.74) is 4.18. The lowest BCUT2D eigenvalue weighted by molar-refractivity contribution is 0.278. The first-order chi connectivity index (χ1) is 15.7. The van der Waals surface area contributed by atoms with Crippen LogP contribution in [0.5, 0.6) is 11.5 Å². The van der Waals surface area contributed by atoms with E-state index in [1.54, 1.807) is 7.11 Å². The van der Waals surface area contributed by atoms with E-state index in [9.17, 15) is 4.91 Å². The summed E-state index contributed by atoms with van der Waals surface area (Å²) in [6, 6.07) is 10.8. The third kappa shape index (κ3) is 3.67. The second-order valence-corrected chi connectivity index (χ2v) is 8.13. The normalized spacial score (nSPS) is 13.7. The van der Waals surface area contributed by atoms with Crippen LogP contribution < -0.4 is 25.5 Å². The summed E-state index contributed by atoms with van der Waals surface area (Å²) in [7, 11) is 4.24. The van der Waals surface area contributed by atoms with E-state index in [1.807, 2.05) is 42.6 Å². The second kappa shape index (κ2) is 8.55. The molecular formula is C23H22N5O3P. The largest absolute Gasteiger partial charge is 0.493 e. The lowest BCUT2D eigenvalue weighted by Gasteiger charge is -2.17. The standard InChI is InChI=1S/C23H22N5O3P/c1-30-18-9-14(22(28-29)15-11-25-23-13(15)5-4-8-24-23)20(32)10-19(18)31-12-21-26-16-6-2-3-7-17(16)27-21/h2-3,5-7,9-11,22H,4,8,12,32H2,1H3,(H,24,25)(H,26,27). The molecule has 9 heteroatoms. The number of aromatic nitrogens is 3. The summed E-state index contributed by atoms with van der Waals surface area (Å²) in [5, 5.41) is 5.18. The van der Waals surface area contributed by atoms with E-state index in [4.69, 9.17) is 9.47 Å². The summed E-state index contributed by atoms with van der Waals surface area (Å²) in [5.74, 6) is 1.80. The maximum absolute atomic E-state index is 11.9. The number of fused-ring (bicyclic) bond motifs is 2. The third-order valence-electron chi connectivity index (χ3n) is 5.54. The molecule has 2 atom stereocenters. The van der Waals surface area contributed by atoms with Crippen LogP contribution in [0.15, 0.2) is 52.8 Å². The van der Waals surface area contributed by atoms with Gasteiger partial charge in [-0.25, -0.2) is 4.98 Å². The van der Waals surface area contributed by atoms with Crippen molar-refractivity contribution in [1.29, 1.82) is 0 Å². The molecule has 2 N–H and O–H groups in total. The predicted molar refractivity (Wildman–Crippen MR) is 126 cm³/mol. The molecule has 4 aromatic rings. The van der Waals surface area contributed by atoms with Gasteiger partial charge in [-0.2, -0.15) is 0 Å². The predicted octanol–water partition coefficient (Wildman–Crippen LogP) is 2.64. The summed E-state index contributed by atoms with van der Waals surface area (Å²) < 4.78 is 11.6. The number of H-pyrrole nitrogens is 2. The molecule has 0 fully saturated rings. The van der Waals surface area contributed by atoms with Gasteiger partial charge in [0, 0.05) is 23.5 Å². The Morgan fingerprint density at radius 3 is 2.91 bits per heavy atom. The van der Waals surface area contributed by atoms with Gasteiger partial charge in [-0.1, -0.05) is 23.4 Å². The average Bonchev–Trinajstić information content (AvgIpc) is 3.43. The van der Waals surface area contributed by atoms with Crippen LogP contribution in [0, 0.1) is 4.91 Å². The molecule has 0 saturated heterocycles. The molecule has 2 aromatic carbocycles. The maximum atomic E-state index is 11.9. The van der Waals surface area contributed by atoms with Crippen molar-refractivity contribution < 1.29 is 9.47 Å². The summed E-state index contributed by atoms with van der Waals surface area (Å²) in [6.45, 7) is 0.998. The Morgan fingerprint density at radius 1 is 1.22 bits per heavy atom. The SMILES string of the molecule is COc1cc(C(N=O)c2c[nH]c3c2=CCCN=3)c(P)cc1OCc1nc2ccccc2[nH]1. The molecule has 2 aromatic heterocycles. The van der Waals surface area contributed by atoms with Gasteiger partial charge in [-0.05, 0) is 41.6 Å². The number of methoxy groups -OCH3 is 1. The molecule has 0 aliphatic carbocycles. The molecule has 0 radical (unpaired) electrons. The maximum Gasteiger partial charge on any atom is 0.162 e. The van der Waals surface area contributed by atoms with Crippen LogP contribution in [0.25, 0.3) is 17.1 Å². The van der Waals surface area contributed by atoms with Gasteiger partial charge in [0.2, 0.25) is 0 Å². The van der Waals surface area contributed by atoms with Crippen LogP contribution in [-0.2, 0) is 6.61 Å². The number of aromatic amines is 2. The highest BCUT2D eigenvalue weighted by molar-refractivity contribution is 7.27. The van der Waals surface area contributed by atoms with Crippen LogP contribution in [0.2, 0.25) is 0 Å². The van der Waals surface area contributed by atoms with Crippen molar-refractivity contribution in [2.45, 2.75) is 19.1 Å². The Labute approximate surface area is 186 Å². The Hall–Kier alpha value is -3.51. The Kier molecular flexibility index (Phi) is 5.45. The number of nitrogens with zero attached hydrogens (tertiary/aromatic N) is 3. The minimum atomic E-state index is -0.689. The number of rotatable bonds is 7. The monoisotopic (exact) mass is 447 g/mol. The minimum Gasteiger partial charge on any atom is -0.493 e. The zero-order valence-electron chi connectivity index (χ0n) is 17.5. The van der Waals surface area contributed by atoms with Crippen LogP contribution >= 0.6 is 9.24 Å². The first-order valence-corrected chi connectivity index (χ1v) is 10.8. The van der Waals surface area contributed by atoms with Gasteiger partial charge in [-0.15, -0.1) is 14.1 Å². The smallest absolute Gasteiger partial charge is 0.162 e. The first kappa shape index (κ1) is 20.4. The number of benzene rings is 2. The van der Waals surface area contributed by atoms with E-state index in [-0.39, 0.29) is 6.61 Å². The molecule has 0 spiro atoms. The highest BCUT2D eigenvalue weighted by Crippen LogP contribution is 2.33. The van der Waals surface area contributed by atoms with E-state index in [0.717, 1.165) is 51.1 Å². The van der Waals surface area contributed by atoms with Crippen molar-refractivity contribution in [2.24, 2.45) is 10.2 Å². The van der Waals surface area contributed by atoms with Gasteiger partial charge in [0.1, 0.15) is 24.0 Å². The number of hydrogen-bond acceptors (Lipinski definition) is 6. The fraction of sp³-hybridized carbons (Fsp3) is 0.217. The minimum absolute atomic E-state index is 0.256. The van der Waals surface area contributed by atoms with Crippen LogP contribution in [0.3, 0.4) is 0 Å². The highest BCUT2D eigenvalue weighted by atomic mass is 31.0. The van der Waals surface area contributed by atoms with Crippen molar-refractivity contribution >= 4 is 31.7 Å². The van der Waals surface area contributed by atoms with Gasteiger partial charge in [0.25, 0.3) is 0 Å². The van der Waals surface area contributed by atoms with Gasteiger partial charge in [-0.3, -0.25) is 4.99 Å². The Bertz CT molecular complexity index is 1390.